The summed E-state index contributed by atoms with van der Waals surface area (Å²) < 4.78 is 5.28. The predicted molar refractivity (Wildman–Crippen MR) is 60.7 cm³/mol. The van der Waals surface area contributed by atoms with Crippen molar-refractivity contribution in [3.05, 3.63) is 35.5 Å². The first-order valence-electron chi connectivity index (χ1n) is 4.85. The largest absolute Gasteiger partial charge is 0.415 e. The van der Waals surface area contributed by atoms with Gasteiger partial charge in [-0.2, -0.15) is 0 Å². The Bertz CT molecular complexity index is 471. The van der Waals surface area contributed by atoms with Crippen molar-refractivity contribution in [2.45, 2.75) is 24.4 Å². The molecule has 0 bridgehead atoms. The van der Waals surface area contributed by atoms with Gasteiger partial charge in [0.15, 0.2) is 0 Å². The third-order valence-corrected chi connectivity index (χ3v) is 2.90. The van der Waals surface area contributed by atoms with Crippen molar-refractivity contribution in [2.75, 3.05) is 0 Å². The van der Waals surface area contributed by atoms with Gasteiger partial charge >= 0.3 is 0 Å². The van der Waals surface area contributed by atoms with E-state index in [0.717, 1.165) is 17.0 Å². The fraction of sp³-hybridized carbons (Fsp3) is 0.300. The first-order chi connectivity index (χ1) is 7.79. The number of nitrogens with two attached hydrogens (primary N) is 1. The molecular weight excluding hydrogens is 224 g/mol. The maximum atomic E-state index is 5.38. The average molecular weight is 236 g/mol. The lowest BCUT2D eigenvalue weighted by atomic mass is 10.2. The lowest BCUT2D eigenvalue weighted by Crippen LogP contribution is -1.95. The summed E-state index contributed by atoms with van der Waals surface area (Å²) in [7, 11) is 0. The van der Waals surface area contributed by atoms with Gasteiger partial charge in [0.2, 0.25) is 5.89 Å². The van der Waals surface area contributed by atoms with E-state index in [1.807, 2.05) is 19.1 Å². The standard InChI is InChI=1S/C10H12N4OS/c1-7-3-2-4-12-8(7)6-16-10-14-13-9(5-11)15-10/h2-4H,5-6,11H2,1H3. The number of hydrogen-bond donors (Lipinski definition) is 1. The third-order valence-electron chi connectivity index (χ3n) is 2.07. The Morgan fingerprint density at radius 1 is 1.44 bits per heavy atom. The summed E-state index contributed by atoms with van der Waals surface area (Å²) in [6, 6.07) is 3.95. The zero-order valence-corrected chi connectivity index (χ0v) is 9.70. The molecule has 84 valence electrons. The molecule has 2 heterocycles. The quantitative estimate of drug-likeness (QED) is 0.811. The van der Waals surface area contributed by atoms with Gasteiger partial charge in [-0.15, -0.1) is 10.2 Å². The zero-order valence-electron chi connectivity index (χ0n) is 8.88. The van der Waals surface area contributed by atoms with E-state index in [1.165, 1.54) is 11.8 Å². The van der Waals surface area contributed by atoms with Gasteiger partial charge in [-0.25, -0.2) is 0 Å². The number of hydrogen-bond acceptors (Lipinski definition) is 6. The second-order valence-electron chi connectivity index (χ2n) is 3.22. The minimum absolute atomic E-state index is 0.274. The summed E-state index contributed by atoms with van der Waals surface area (Å²) in [5.41, 5.74) is 7.57. The van der Waals surface area contributed by atoms with Crippen LogP contribution in [0.15, 0.2) is 28.0 Å². The molecule has 0 aliphatic heterocycles. The van der Waals surface area contributed by atoms with Gasteiger partial charge in [0.25, 0.3) is 5.22 Å². The Kier molecular flexibility index (Phi) is 3.53. The van der Waals surface area contributed by atoms with E-state index < -0.39 is 0 Å². The molecule has 0 amide bonds. The molecule has 2 aromatic rings. The maximum absolute atomic E-state index is 5.38. The van der Waals surface area contributed by atoms with Gasteiger partial charge in [0.1, 0.15) is 0 Å². The summed E-state index contributed by atoms with van der Waals surface area (Å²) in [6.07, 6.45) is 1.78. The van der Waals surface area contributed by atoms with Gasteiger partial charge in [-0.3, -0.25) is 4.98 Å². The van der Waals surface area contributed by atoms with Crippen molar-refractivity contribution in [1.82, 2.24) is 15.2 Å². The number of nitrogens with zero attached hydrogens (tertiary/aromatic N) is 3. The molecule has 0 fully saturated rings. The van der Waals surface area contributed by atoms with Gasteiger partial charge in [-0.1, -0.05) is 17.8 Å². The Morgan fingerprint density at radius 2 is 2.31 bits per heavy atom. The van der Waals surface area contributed by atoms with Crippen LogP contribution in [0.3, 0.4) is 0 Å². The monoisotopic (exact) mass is 236 g/mol. The molecule has 0 aromatic carbocycles. The fourth-order valence-electron chi connectivity index (χ4n) is 1.18. The first-order valence-corrected chi connectivity index (χ1v) is 5.84. The van der Waals surface area contributed by atoms with E-state index in [2.05, 4.69) is 15.2 Å². The highest BCUT2D eigenvalue weighted by Gasteiger charge is 2.06. The highest BCUT2D eigenvalue weighted by Crippen LogP contribution is 2.21. The van der Waals surface area contributed by atoms with Gasteiger partial charge in [0, 0.05) is 11.9 Å². The molecule has 0 saturated heterocycles. The number of pyridine rings is 1. The second kappa shape index (κ2) is 5.09. The summed E-state index contributed by atoms with van der Waals surface area (Å²) in [5, 5.41) is 8.19. The molecule has 0 radical (unpaired) electrons. The van der Waals surface area contributed by atoms with E-state index in [0.29, 0.717) is 11.1 Å². The Labute approximate surface area is 97.5 Å². The third kappa shape index (κ3) is 2.59. The van der Waals surface area contributed by atoms with Crippen LogP contribution in [0.1, 0.15) is 17.1 Å². The van der Waals surface area contributed by atoms with E-state index in [4.69, 9.17) is 10.2 Å². The Hall–Kier alpha value is -1.40. The molecule has 0 spiro atoms. The Morgan fingerprint density at radius 3 is 3.00 bits per heavy atom. The molecule has 0 aliphatic rings. The summed E-state index contributed by atoms with van der Waals surface area (Å²) in [6.45, 7) is 2.30. The number of thioether (sulfide) groups is 1. The molecule has 2 aromatic heterocycles. The summed E-state index contributed by atoms with van der Waals surface area (Å²) >= 11 is 1.47. The molecule has 6 heteroatoms. The summed E-state index contributed by atoms with van der Waals surface area (Å²) in [4.78, 5) is 4.28. The van der Waals surface area contributed by atoms with Crippen molar-refractivity contribution >= 4 is 11.8 Å². The van der Waals surface area contributed by atoms with Gasteiger partial charge < -0.3 is 10.2 Å². The molecule has 0 saturated carbocycles. The molecule has 2 rings (SSSR count). The Balaban J connectivity index is 1.99. The molecule has 2 N–H and O–H groups in total. The van der Waals surface area contributed by atoms with E-state index in [-0.39, 0.29) is 6.54 Å². The predicted octanol–water partition coefficient (Wildman–Crippen LogP) is 1.52. The molecule has 16 heavy (non-hydrogen) atoms. The van der Waals surface area contributed by atoms with Crippen LogP contribution in [-0.2, 0) is 12.3 Å². The lowest BCUT2D eigenvalue weighted by Gasteiger charge is -2.00. The zero-order chi connectivity index (χ0) is 11.4. The van der Waals surface area contributed by atoms with Crippen molar-refractivity contribution in [2.24, 2.45) is 5.73 Å². The van der Waals surface area contributed by atoms with Gasteiger partial charge in [-0.05, 0) is 18.6 Å². The number of aromatic nitrogens is 3. The first kappa shape index (κ1) is 11.1. The van der Waals surface area contributed by atoms with Crippen LogP contribution in [0.4, 0.5) is 0 Å². The highest BCUT2D eigenvalue weighted by atomic mass is 32.2. The molecular formula is C10H12N4OS. The number of aryl methyl sites for hydroxylation is 1. The number of rotatable bonds is 4. The van der Waals surface area contributed by atoms with Crippen LogP contribution >= 0.6 is 11.8 Å². The van der Waals surface area contributed by atoms with E-state index >= 15 is 0 Å². The van der Waals surface area contributed by atoms with Crippen molar-refractivity contribution in [3.63, 3.8) is 0 Å². The molecule has 5 nitrogen and oxygen atoms in total. The van der Waals surface area contributed by atoms with Crippen LogP contribution in [0.2, 0.25) is 0 Å². The second-order valence-corrected chi connectivity index (χ2v) is 4.15. The van der Waals surface area contributed by atoms with Crippen molar-refractivity contribution < 1.29 is 4.42 Å². The van der Waals surface area contributed by atoms with Gasteiger partial charge in [0.05, 0.1) is 12.2 Å². The van der Waals surface area contributed by atoms with Crippen molar-refractivity contribution in [1.29, 1.82) is 0 Å². The van der Waals surface area contributed by atoms with Crippen LogP contribution in [0, 0.1) is 6.92 Å². The van der Waals surface area contributed by atoms with Crippen LogP contribution in [-0.4, -0.2) is 15.2 Å². The summed E-state index contributed by atoms with van der Waals surface area (Å²) in [5.74, 6) is 1.18. The van der Waals surface area contributed by atoms with Crippen molar-refractivity contribution in [3.8, 4) is 0 Å². The normalized spacial score (nSPS) is 10.6. The fourth-order valence-corrected chi connectivity index (χ4v) is 1.99. The lowest BCUT2D eigenvalue weighted by molar-refractivity contribution is 0.414. The SMILES string of the molecule is Cc1cccnc1CSc1nnc(CN)o1. The van der Waals surface area contributed by atoms with Crippen LogP contribution in [0.5, 0.6) is 0 Å². The van der Waals surface area contributed by atoms with E-state index in [9.17, 15) is 0 Å². The molecule has 0 atom stereocenters. The molecule has 0 unspecified atom stereocenters. The minimum Gasteiger partial charge on any atom is -0.415 e. The highest BCUT2D eigenvalue weighted by molar-refractivity contribution is 7.98. The van der Waals surface area contributed by atoms with Crippen LogP contribution in [0.25, 0.3) is 0 Å². The molecule has 0 aliphatic carbocycles. The maximum Gasteiger partial charge on any atom is 0.277 e. The average Bonchev–Trinajstić information content (AvgIpc) is 2.76. The topological polar surface area (TPSA) is 77.8 Å². The van der Waals surface area contributed by atoms with Crippen LogP contribution < -0.4 is 5.73 Å². The minimum atomic E-state index is 0.274. The van der Waals surface area contributed by atoms with E-state index in [1.54, 1.807) is 6.20 Å². The smallest absolute Gasteiger partial charge is 0.277 e.